The third kappa shape index (κ3) is 6.16. The number of anilines is 1. The van der Waals surface area contributed by atoms with Crippen LogP contribution < -0.4 is 19.5 Å². The number of amides is 1. The molecule has 1 aromatic heterocycles. The number of nitrogens with one attached hydrogen (secondary N) is 1. The fraction of sp³-hybridized carbons (Fsp3) is 0.423. The zero-order valence-electron chi connectivity index (χ0n) is 21.5. The van der Waals surface area contributed by atoms with Gasteiger partial charge in [-0.15, -0.1) is 10.2 Å². The summed E-state index contributed by atoms with van der Waals surface area (Å²) in [5.41, 5.74) is 1.26. The molecule has 0 saturated carbocycles. The molecule has 0 bridgehead atoms. The van der Waals surface area contributed by atoms with E-state index in [1.807, 2.05) is 4.57 Å². The van der Waals surface area contributed by atoms with Crippen LogP contribution in [0.3, 0.4) is 0 Å². The number of carbonyl (C=O) groups is 1. The van der Waals surface area contributed by atoms with Gasteiger partial charge in [-0.2, -0.15) is 0 Å². The number of nitrogens with zero attached hydrogens (tertiary/aromatic N) is 4. The molecule has 0 radical (unpaired) electrons. The Bertz CT molecular complexity index is 1190. The predicted octanol–water partition coefficient (Wildman–Crippen LogP) is 4.71. The summed E-state index contributed by atoms with van der Waals surface area (Å²) in [6, 6.07) is 9.59. The minimum absolute atomic E-state index is 0.0280. The van der Waals surface area contributed by atoms with Gasteiger partial charge in [0.1, 0.15) is 5.82 Å². The van der Waals surface area contributed by atoms with Crippen molar-refractivity contribution in [2.45, 2.75) is 37.4 Å². The highest BCUT2D eigenvalue weighted by atomic mass is 32.2. The number of ether oxygens (including phenoxy) is 3. The Labute approximate surface area is 220 Å². The number of carbonyl (C=O) groups excluding carboxylic acids is 1. The zero-order valence-corrected chi connectivity index (χ0v) is 22.3. The molecule has 3 aromatic rings. The lowest BCUT2D eigenvalue weighted by Gasteiger charge is -2.31. The number of halogens is 1. The Kier molecular flexibility index (Phi) is 8.88. The maximum Gasteiger partial charge on any atom is 0.234 e. The minimum Gasteiger partial charge on any atom is -0.493 e. The van der Waals surface area contributed by atoms with Crippen LogP contribution in [0.1, 0.15) is 38.1 Å². The van der Waals surface area contributed by atoms with Crippen LogP contribution in [0.2, 0.25) is 0 Å². The molecule has 2 heterocycles. The summed E-state index contributed by atoms with van der Waals surface area (Å²) in [6.45, 7) is 4.11. The maximum absolute atomic E-state index is 13.7. The predicted molar refractivity (Wildman–Crippen MR) is 141 cm³/mol. The third-order valence-electron chi connectivity index (χ3n) is 6.34. The van der Waals surface area contributed by atoms with Gasteiger partial charge >= 0.3 is 0 Å². The summed E-state index contributed by atoms with van der Waals surface area (Å²) in [5, 5.41) is 12.3. The fourth-order valence-electron chi connectivity index (χ4n) is 4.43. The second kappa shape index (κ2) is 12.3. The SMILES string of the molecule is COc1cc(NC(=O)CSc2nnc(C(C)N3CCCCC3)n2-c2ccc(F)cc2)cc(OC)c1OC. The average molecular weight is 530 g/mol. The number of rotatable bonds is 10. The second-order valence-electron chi connectivity index (χ2n) is 8.68. The molecule has 1 fully saturated rings. The molecule has 198 valence electrons. The van der Waals surface area contributed by atoms with Crippen LogP contribution in [0.25, 0.3) is 5.69 Å². The molecule has 1 amide bonds. The number of piperidine rings is 1. The molecule has 1 aliphatic rings. The maximum atomic E-state index is 13.7. The van der Waals surface area contributed by atoms with Crippen LogP contribution in [-0.2, 0) is 4.79 Å². The van der Waals surface area contributed by atoms with Crippen molar-refractivity contribution in [1.82, 2.24) is 19.7 Å². The van der Waals surface area contributed by atoms with E-state index in [0.29, 0.717) is 28.1 Å². The fourth-order valence-corrected chi connectivity index (χ4v) is 5.19. The lowest BCUT2D eigenvalue weighted by atomic mass is 10.1. The van der Waals surface area contributed by atoms with E-state index < -0.39 is 0 Å². The molecule has 1 atom stereocenters. The Morgan fingerprint density at radius 3 is 2.27 bits per heavy atom. The molecule has 1 aliphatic heterocycles. The number of methoxy groups -OCH3 is 3. The minimum atomic E-state index is -0.318. The van der Waals surface area contributed by atoms with Gasteiger partial charge in [0, 0.05) is 23.5 Å². The van der Waals surface area contributed by atoms with E-state index in [2.05, 4.69) is 27.3 Å². The number of thioether (sulfide) groups is 1. The average Bonchev–Trinajstić information content (AvgIpc) is 3.35. The molecule has 0 spiro atoms. The molecule has 11 heteroatoms. The summed E-state index contributed by atoms with van der Waals surface area (Å²) >= 11 is 1.26. The molecule has 4 rings (SSSR count). The summed E-state index contributed by atoms with van der Waals surface area (Å²) in [4.78, 5) is 15.2. The topological polar surface area (TPSA) is 90.7 Å². The van der Waals surface area contributed by atoms with Crippen molar-refractivity contribution in [3.63, 3.8) is 0 Å². The van der Waals surface area contributed by atoms with Gasteiger partial charge in [0.2, 0.25) is 11.7 Å². The van der Waals surface area contributed by atoms with Crippen molar-refractivity contribution in [1.29, 1.82) is 0 Å². The number of hydrogen-bond acceptors (Lipinski definition) is 8. The Morgan fingerprint density at radius 1 is 1.03 bits per heavy atom. The standard InChI is InChI=1S/C26H32FN5O4S/c1-17(31-12-6-5-7-13-31)25-29-30-26(32(25)20-10-8-18(27)9-11-20)37-16-23(33)28-19-14-21(34-2)24(36-4)22(15-19)35-3/h8-11,14-15,17H,5-7,12-13,16H2,1-4H3,(H,28,33). The van der Waals surface area contributed by atoms with Crippen molar-refractivity contribution >= 4 is 23.4 Å². The zero-order chi connectivity index (χ0) is 26.4. The largest absolute Gasteiger partial charge is 0.493 e. The molecule has 0 aliphatic carbocycles. The molecule has 1 N–H and O–H groups in total. The lowest BCUT2D eigenvalue weighted by Crippen LogP contribution is -2.33. The summed E-state index contributed by atoms with van der Waals surface area (Å²) < 4.78 is 31.6. The normalized spacial score (nSPS) is 14.7. The van der Waals surface area contributed by atoms with Gasteiger partial charge in [-0.3, -0.25) is 14.3 Å². The molecule has 1 saturated heterocycles. The van der Waals surface area contributed by atoms with Crippen molar-refractivity contribution < 1.29 is 23.4 Å². The van der Waals surface area contributed by atoms with E-state index in [0.717, 1.165) is 37.4 Å². The Balaban J connectivity index is 1.54. The number of benzene rings is 2. The van der Waals surface area contributed by atoms with Crippen LogP contribution >= 0.6 is 11.8 Å². The van der Waals surface area contributed by atoms with Crippen molar-refractivity contribution in [2.75, 3.05) is 45.5 Å². The van der Waals surface area contributed by atoms with Crippen LogP contribution in [0.5, 0.6) is 17.2 Å². The summed E-state index contributed by atoms with van der Waals surface area (Å²) in [6.07, 6.45) is 3.53. The number of hydrogen-bond donors (Lipinski definition) is 1. The van der Waals surface area contributed by atoms with Crippen LogP contribution in [-0.4, -0.2) is 65.7 Å². The van der Waals surface area contributed by atoms with E-state index in [4.69, 9.17) is 14.2 Å². The second-order valence-corrected chi connectivity index (χ2v) is 9.62. The van der Waals surface area contributed by atoms with E-state index >= 15 is 0 Å². The molecular weight excluding hydrogens is 497 g/mol. The summed E-state index contributed by atoms with van der Waals surface area (Å²) in [5.74, 6) is 1.63. The first kappa shape index (κ1) is 26.7. The van der Waals surface area contributed by atoms with Gasteiger partial charge in [-0.1, -0.05) is 18.2 Å². The first-order chi connectivity index (χ1) is 17.9. The quantitative estimate of drug-likeness (QED) is 0.378. The molecule has 1 unspecified atom stereocenters. The summed E-state index contributed by atoms with van der Waals surface area (Å²) in [7, 11) is 4.56. The van der Waals surface area contributed by atoms with Crippen molar-refractivity contribution in [3.05, 3.63) is 48.0 Å². The highest BCUT2D eigenvalue weighted by Gasteiger charge is 2.26. The molecule has 2 aromatic carbocycles. The van der Waals surface area contributed by atoms with Crippen LogP contribution in [0, 0.1) is 5.82 Å². The van der Waals surface area contributed by atoms with Crippen LogP contribution in [0.4, 0.5) is 10.1 Å². The van der Waals surface area contributed by atoms with E-state index in [-0.39, 0.29) is 23.5 Å². The monoisotopic (exact) mass is 529 g/mol. The van der Waals surface area contributed by atoms with Gasteiger partial charge in [0.25, 0.3) is 0 Å². The first-order valence-electron chi connectivity index (χ1n) is 12.1. The van der Waals surface area contributed by atoms with Crippen LogP contribution in [0.15, 0.2) is 41.6 Å². The van der Waals surface area contributed by atoms with Gasteiger partial charge < -0.3 is 19.5 Å². The number of likely N-dealkylation sites (tertiary alicyclic amines) is 1. The van der Waals surface area contributed by atoms with Gasteiger partial charge in [0.15, 0.2) is 22.5 Å². The van der Waals surface area contributed by atoms with Crippen molar-refractivity contribution in [2.24, 2.45) is 0 Å². The molecule has 37 heavy (non-hydrogen) atoms. The van der Waals surface area contributed by atoms with E-state index in [9.17, 15) is 9.18 Å². The molecule has 9 nitrogen and oxygen atoms in total. The van der Waals surface area contributed by atoms with E-state index in [1.54, 1.807) is 24.3 Å². The number of aromatic nitrogens is 3. The van der Waals surface area contributed by atoms with Crippen molar-refractivity contribution in [3.8, 4) is 22.9 Å². The third-order valence-corrected chi connectivity index (χ3v) is 7.27. The lowest BCUT2D eigenvalue weighted by molar-refractivity contribution is -0.113. The van der Waals surface area contributed by atoms with E-state index in [1.165, 1.54) is 51.6 Å². The Hall–Kier alpha value is -3.31. The highest BCUT2D eigenvalue weighted by Crippen LogP contribution is 2.40. The Morgan fingerprint density at radius 2 is 1.68 bits per heavy atom. The van der Waals surface area contributed by atoms with Gasteiger partial charge in [0.05, 0.1) is 33.1 Å². The first-order valence-corrected chi connectivity index (χ1v) is 13.1. The molecular formula is C26H32FN5O4S. The highest BCUT2D eigenvalue weighted by molar-refractivity contribution is 7.99. The van der Waals surface area contributed by atoms with Gasteiger partial charge in [-0.05, 0) is 57.1 Å². The smallest absolute Gasteiger partial charge is 0.234 e. The van der Waals surface area contributed by atoms with Gasteiger partial charge in [-0.25, -0.2) is 4.39 Å².